The maximum Gasteiger partial charge on any atom is 0.169 e. The van der Waals surface area contributed by atoms with E-state index in [4.69, 9.17) is 23.7 Å². The molecule has 6 heteroatoms. The first-order valence-corrected chi connectivity index (χ1v) is 10.6. The Morgan fingerprint density at radius 2 is 1.59 bits per heavy atom. The summed E-state index contributed by atoms with van der Waals surface area (Å²) in [5.74, 6) is -0.318. The molecule has 0 bridgehead atoms. The Morgan fingerprint density at radius 3 is 2.22 bits per heavy atom. The van der Waals surface area contributed by atoms with Gasteiger partial charge in [-0.15, -0.1) is 0 Å². The van der Waals surface area contributed by atoms with Gasteiger partial charge in [-0.3, -0.25) is 0 Å². The molecule has 4 atom stereocenters. The smallest absolute Gasteiger partial charge is 0.169 e. The highest BCUT2D eigenvalue weighted by Gasteiger charge is 2.54. The van der Waals surface area contributed by atoms with Gasteiger partial charge in [0, 0.05) is 25.7 Å². The topological polar surface area (TPSA) is 66.4 Å². The highest BCUT2D eigenvalue weighted by molar-refractivity contribution is 5.06. The molecule has 27 heavy (non-hydrogen) atoms. The van der Waals surface area contributed by atoms with Crippen LogP contribution in [0.3, 0.4) is 0 Å². The zero-order valence-electron chi connectivity index (χ0n) is 16.7. The van der Waals surface area contributed by atoms with E-state index in [0.717, 1.165) is 57.1 Å². The highest BCUT2D eigenvalue weighted by Crippen LogP contribution is 2.44. The van der Waals surface area contributed by atoms with Gasteiger partial charge in [-0.1, -0.05) is 12.8 Å². The van der Waals surface area contributed by atoms with Crippen molar-refractivity contribution in [1.82, 2.24) is 0 Å². The molecule has 1 N–H and O–H groups in total. The zero-order chi connectivity index (χ0) is 18.9. The van der Waals surface area contributed by atoms with E-state index in [9.17, 15) is 5.11 Å². The van der Waals surface area contributed by atoms with Gasteiger partial charge in [0.2, 0.25) is 0 Å². The lowest BCUT2D eigenvalue weighted by atomic mass is 9.94. The van der Waals surface area contributed by atoms with Crippen molar-refractivity contribution in [3.63, 3.8) is 0 Å². The molecular weight excluding hydrogens is 348 g/mol. The van der Waals surface area contributed by atoms with Crippen molar-refractivity contribution in [2.45, 2.75) is 107 Å². The number of aliphatic hydroxyl groups excluding tert-OH is 1. The average Bonchev–Trinajstić information content (AvgIpc) is 3.24. The summed E-state index contributed by atoms with van der Waals surface area (Å²) in [6.45, 7) is 2.30. The van der Waals surface area contributed by atoms with E-state index >= 15 is 0 Å². The predicted molar refractivity (Wildman–Crippen MR) is 99.0 cm³/mol. The van der Waals surface area contributed by atoms with Crippen LogP contribution in [0.1, 0.15) is 71.1 Å². The molecular formula is C21H34O6. The highest BCUT2D eigenvalue weighted by atomic mass is 16.8. The van der Waals surface area contributed by atoms with Crippen LogP contribution in [0.5, 0.6) is 0 Å². The van der Waals surface area contributed by atoms with Crippen LogP contribution in [0.2, 0.25) is 0 Å². The Hall–Kier alpha value is -0.660. The van der Waals surface area contributed by atoms with Crippen molar-refractivity contribution in [3.8, 4) is 0 Å². The summed E-state index contributed by atoms with van der Waals surface area (Å²) in [6.07, 6.45) is 10.4. The summed E-state index contributed by atoms with van der Waals surface area (Å²) in [6, 6.07) is 0. The zero-order valence-corrected chi connectivity index (χ0v) is 16.7. The minimum absolute atomic E-state index is 0.343. The Bertz CT molecular complexity index is 535. The summed E-state index contributed by atoms with van der Waals surface area (Å²) in [5.41, 5.74) is 0. The normalized spacial score (nSPS) is 37.0. The molecule has 6 nitrogen and oxygen atoms in total. The van der Waals surface area contributed by atoms with E-state index in [1.54, 1.807) is 7.11 Å². The number of rotatable bonds is 4. The molecule has 154 valence electrons. The number of methoxy groups -OCH3 is 1. The Labute approximate surface area is 162 Å². The summed E-state index contributed by atoms with van der Waals surface area (Å²) in [7, 11) is 1.64. The van der Waals surface area contributed by atoms with Crippen LogP contribution in [-0.4, -0.2) is 54.8 Å². The minimum Gasteiger partial charge on any atom is -0.502 e. The molecule has 3 unspecified atom stereocenters. The third kappa shape index (κ3) is 4.06. The number of allylic oxidation sites excluding steroid dienone is 1. The maximum absolute atomic E-state index is 11.2. The second-order valence-electron chi connectivity index (χ2n) is 8.55. The van der Waals surface area contributed by atoms with Crippen LogP contribution in [0.25, 0.3) is 0 Å². The number of hydrogen-bond donors (Lipinski definition) is 1. The first-order chi connectivity index (χ1) is 13.0. The molecule has 2 heterocycles. The van der Waals surface area contributed by atoms with Gasteiger partial charge in [0.15, 0.2) is 11.6 Å². The fraction of sp³-hybridized carbons (Fsp3) is 0.905. The molecule has 4 aliphatic rings. The van der Waals surface area contributed by atoms with Crippen LogP contribution < -0.4 is 0 Å². The number of aliphatic hydroxyl groups is 1. The van der Waals surface area contributed by atoms with Gasteiger partial charge >= 0.3 is 0 Å². The van der Waals surface area contributed by atoms with Crippen molar-refractivity contribution >= 4 is 0 Å². The Balaban J connectivity index is 1.48. The first-order valence-electron chi connectivity index (χ1n) is 10.6. The minimum atomic E-state index is -0.793. The van der Waals surface area contributed by atoms with Crippen molar-refractivity contribution in [1.29, 1.82) is 0 Å². The van der Waals surface area contributed by atoms with Crippen molar-refractivity contribution in [2.75, 3.05) is 13.7 Å². The molecule has 2 saturated heterocycles. The van der Waals surface area contributed by atoms with Crippen LogP contribution in [0.4, 0.5) is 0 Å². The SMILES string of the molecule is CO/C(C)=C\C1OC2(CCCCC2)OC1C(O)[C@H]1COC2(CCCCC2)O1. The summed E-state index contributed by atoms with van der Waals surface area (Å²) in [5, 5.41) is 11.2. The monoisotopic (exact) mass is 382 g/mol. The van der Waals surface area contributed by atoms with Crippen LogP contribution in [0, 0.1) is 0 Å². The second kappa shape index (κ2) is 7.99. The van der Waals surface area contributed by atoms with Crippen LogP contribution >= 0.6 is 0 Å². The molecule has 2 saturated carbocycles. The van der Waals surface area contributed by atoms with E-state index in [1.807, 2.05) is 13.0 Å². The van der Waals surface area contributed by atoms with E-state index in [0.29, 0.717) is 6.61 Å². The van der Waals surface area contributed by atoms with E-state index in [1.165, 1.54) is 12.8 Å². The van der Waals surface area contributed by atoms with Crippen molar-refractivity contribution < 1.29 is 28.8 Å². The van der Waals surface area contributed by atoms with Gasteiger partial charge in [0.05, 0.1) is 19.5 Å². The third-order valence-electron chi connectivity index (χ3n) is 6.57. The van der Waals surface area contributed by atoms with Gasteiger partial charge in [0.1, 0.15) is 24.4 Å². The quantitative estimate of drug-likeness (QED) is 0.752. The van der Waals surface area contributed by atoms with E-state index in [2.05, 4.69) is 0 Å². The van der Waals surface area contributed by atoms with Gasteiger partial charge in [-0.05, 0) is 38.7 Å². The Morgan fingerprint density at radius 1 is 0.963 bits per heavy atom. The van der Waals surface area contributed by atoms with Gasteiger partial charge in [-0.25, -0.2) is 0 Å². The maximum atomic E-state index is 11.2. The number of hydrogen-bond acceptors (Lipinski definition) is 6. The lowest BCUT2D eigenvalue weighted by Crippen LogP contribution is -2.45. The predicted octanol–water partition coefficient (Wildman–Crippen LogP) is 3.42. The third-order valence-corrected chi connectivity index (χ3v) is 6.57. The lowest BCUT2D eigenvalue weighted by molar-refractivity contribution is -0.216. The molecule has 0 radical (unpaired) electrons. The molecule has 2 aliphatic carbocycles. The van der Waals surface area contributed by atoms with Gasteiger partial charge < -0.3 is 28.8 Å². The molecule has 0 aromatic rings. The van der Waals surface area contributed by atoms with Crippen LogP contribution in [-0.2, 0) is 23.7 Å². The van der Waals surface area contributed by atoms with Gasteiger partial charge in [-0.2, -0.15) is 0 Å². The fourth-order valence-electron chi connectivity index (χ4n) is 4.99. The second-order valence-corrected chi connectivity index (χ2v) is 8.55. The summed E-state index contributed by atoms with van der Waals surface area (Å²) < 4.78 is 30.4. The summed E-state index contributed by atoms with van der Waals surface area (Å²) in [4.78, 5) is 0. The Kier molecular flexibility index (Phi) is 5.82. The van der Waals surface area contributed by atoms with Gasteiger partial charge in [0.25, 0.3) is 0 Å². The molecule has 2 aliphatic heterocycles. The molecule has 4 rings (SSSR count). The molecule has 0 aromatic heterocycles. The average molecular weight is 382 g/mol. The summed E-state index contributed by atoms with van der Waals surface area (Å²) >= 11 is 0. The number of ether oxygens (including phenoxy) is 5. The molecule has 0 amide bonds. The largest absolute Gasteiger partial charge is 0.502 e. The molecule has 2 spiro atoms. The fourth-order valence-corrected chi connectivity index (χ4v) is 4.99. The first kappa shape index (κ1) is 19.6. The van der Waals surface area contributed by atoms with E-state index in [-0.39, 0.29) is 12.2 Å². The van der Waals surface area contributed by atoms with E-state index < -0.39 is 23.8 Å². The van der Waals surface area contributed by atoms with Crippen LogP contribution in [0.15, 0.2) is 11.8 Å². The van der Waals surface area contributed by atoms with Crippen molar-refractivity contribution in [2.24, 2.45) is 0 Å². The van der Waals surface area contributed by atoms with Crippen molar-refractivity contribution in [3.05, 3.63) is 11.8 Å². The molecule has 0 aromatic carbocycles. The standard InChI is InChI=1S/C21H34O6/c1-15(23-2)13-16-19(27-21(25-16)11-7-4-8-12-21)18(22)17-14-24-20(26-17)9-5-3-6-10-20/h13,16-19,22H,3-12,14H2,1-2H3/b15-13-/t16?,17-,18?,19?/m1/s1. The molecule has 4 fully saturated rings. The lowest BCUT2D eigenvalue weighted by Gasteiger charge is -2.34.